The summed E-state index contributed by atoms with van der Waals surface area (Å²) in [7, 11) is 0. The van der Waals surface area contributed by atoms with Crippen LogP contribution in [0.3, 0.4) is 0 Å². The van der Waals surface area contributed by atoms with Gasteiger partial charge in [-0.25, -0.2) is 0 Å². The maximum absolute atomic E-state index is 13.2. The molecule has 2 aromatic rings. The number of rotatable bonds is 4. The zero-order chi connectivity index (χ0) is 18.5. The van der Waals surface area contributed by atoms with E-state index in [1.54, 1.807) is 37.3 Å². The molecule has 0 N–H and O–H groups in total. The lowest BCUT2D eigenvalue weighted by Gasteiger charge is -2.35. The molecule has 1 heterocycles. The summed E-state index contributed by atoms with van der Waals surface area (Å²) in [5.41, 5.74) is 2.01. The van der Waals surface area contributed by atoms with Crippen LogP contribution >= 0.6 is 0 Å². The number of esters is 1. The van der Waals surface area contributed by atoms with Crippen LogP contribution in [-0.4, -0.2) is 24.5 Å². The highest BCUT2D eigenvalue weighted by Crippen LogP contribution is 2.33. The first-order chi connectivity index (χ1) is 12.7. The van der Waals surface area contributed by atoms with Crippen molar-refractivity contribution in [2.45, 2.75) is 13.0 Å². The Morgan fingerprint density at radius 1 is 1.15 bits per heavy atom. The normalized spacial score (nSPS) is 16.3. The fourth-order valence-electron chi connectivity index (χ4n) is 3.02. The van der Waals surface area contributed by atoms with E-state index in [0.717, 1.165) is 5.56 Å². The fourth-order valence-corrected chi connectivity index (χ4v) is 3.02. The minimum atomic E-state index is -1.10. The summed E-state index contributed by atoms with van der Waals surface area (Å²) in [5, 5.41) is 9.57. The largest absolute Gasteiger partial charge is 0.465 e. The monoisotopic (exact) mass is 346 g/mol. The minimum Gasteiger partial charge on any atom is -0.465 e. The molecular weight excluding hydrogens is 328 g/mol. The van der Waals surface area contributed by atoms with Crippen LogP contribution < -0.4 is 4.90 Å². The predicted molar refractivity (Wildman–Crippen MR) is 98.3 cm³/mol. The van der Waals surface area contributed by atoms with Gasteiger partial charge in [-0.2, -0.15) is 5.26 Å². The lowest BCUT2D eigenvalue weighted by molar-refractivity contribution is -0.146. The van der Waals surface area contributed by atoms with E-state index >= 15 is 0 Å². The molecule has 2 aromatic carbocycles. The molecular formula is C21H18N2O3. The van der Waals surface area contributed by atoms with Gasteiger partial charge in [-0.15, -0.1) is 0 Å². The SMILES string of the molecule is CCOC(=O)[C@@H](C#N)[C@@H]1C=Cc2ccccc2N1C(=O)c1ccccc1. The molecule has 0 aliphatic carbocycles. The van der Waals surface area contributed by atoms with Crippen molar-refractivity contribution in [1.29, 1.82) is 5.26 Å². The zero-order valence-corrected chi connectivity index (χ0v) is 14.3. The first-order valence-corrected chi connectivity index (χ1v) is 8.39. The van der Waals surface area contributed by atoms with Crippen molar-refractivity contribution in [3.05, 3.63) is 71.8 Å². The van der Waals surface area contributed by atoms with Gasteiger partial charge < -0.3 is 4.74 Å². The number of carbonyl (C=O) groups excluding carboxylic acids is 2. The van der Waals surface area contributed by atoms with Gasteiger partial charge in [-0.1, -0.05) is 48.6 Å². The van der Waals surface area contributed by atoms with Gasteiger partial charge in [0.15, 0.2) is 5.92 Å². The maximum Gasteiger partial charge on any atom is 0.325 e. The van der Waals surface area contributed by atoms with Gasteiger partial charge in [0.05, 0.1) is 24.4 Å². The molecule has 0 aromatic heterocycles. The van der Waals surface area contributed by atoms with E-state index in [1.807, 2.05) is 42.5 Å². The number of ether oxygens (including phenoxy) is 1. The third-order valence-corrected chi connectivity index (χ3v) is 4.23. The molecule has 1 aliphatic heterocycles. The molecule has 0 unspecified atom stereocenters. The van der Waals surface area contributed by atoms with Crippen LogP contribution in [0.4, 0.5) is 5.69 Å². The van der Waals surface area contributed by atoms with E-state index in [-0.39, 0.29) is 12.5 Å². The van der Waals surface area contributed by atoms with Crippen LogP contribution in [0.15, 0.2) is 60.7 Å². The van der Waals surface area contributed by atoms with Crippen molar-refractivity contribution in [2.24, 2.45) is 5.92 Å². The van der Waals surface area contributed by atoms with Gasteiger partial charge in [-0.3, -0.25) is 14.5 Å². The van der Waals surface area contributed by atoms with Crippen molar-refractivity contribution < 1.29 is 14.3 Å². The molecule has 0 saturated carbocycles. The minimum absolute atomic E-state index is 0.177. The number of hydrogen-bond acceptors (Lipinski definition) is 4. The van der Waals surface area contributed by atoms with Crippen molar-refractivity contribution in [3.8, 4) is 6.07 Å². The van der Waals surface area contributed by atoms with Gasteiger partial charge in [0.25, 0.3) is 5.91 Å². The number of nitrogens with zero attached hydrogens (tertiary/aromatic N) is 2. The van der Waals surface area contributed by atoms with Crippen LogP contribution in [0.2, 0.25) is 0 Å². The second-order valence-electron chi connectivity index (χ2n) is 5.81. The summed E-state index contributed by atoms with van der Waals surface area (Å²) >= 11 is 0. The Morgan fingerprint density at radius 3 is 2.54 bits per heavy atom. The highest BCUT2D eigenvalue weighted by molar-refractivity contribution is 6.09. The molecule has 0 saturated heterocycles. The molecule has 0 spiro atoms. The van der Waals surface area contributed by atoms with Crippen LogP contribution in [-0.2, 0) is 9.53 Å². The molecule has 26 heavy (non-hydrogen) atoms. The van der Waals surface area contributed by atoms with Crippen molar-refractivity contribution in [1.82, 2.24) is 0 Å². The van der Waals surface area contributed by atoms with E-state index in [1.165, 1.54) is 4.90 Å². The Hall–Kier alpha value is -3.39. The van der Waals surface area contributed by atoms with Gasteiger partial charge >= 0.3 is 5.97 Å². The standard InChI is InChI=1S/C21H18N2O3/c1-2-26-21(25)17(14-22)19-13-12-15-8-6-7-11-18(15)23(19)20(24)16-9-4-3-5-10-16/h3-13,17,19H,2H2,1H3/t17-,19-/m0/s1. The van der Waals surface area contributed by atoms with Gasteiger partial charge in [-0.05, 0) is 30.7 Å². The highest BCUT2D eigenvalue weighted by atomic mass is 16.5. The molecule has 2 atom stereocenters. The molecule has 1 aliphatic rings. The fraction of sp³-hybridized carbons (Fsp3) is 0.190. The Kier molecular flexibility index (Phi) is 5.14. The first kappa shape index (κ1) is 17.4. The molecule has 0 fully saturated rings. The van der Waals surface area contributed by atoms with Crippen LogP contribution in [0, 0.1) is 17.2 Å². The van der Waals surface area contributed by atoms with Gasteiger partial charge in [0.2, 0.25) is 0 Å². The number of fused-ring (bicyclic) bond motifs is 1. The first-order valence-electron chi connectivity index (χ1n) is 8.39. The maximum atomic E-state index is 13.2. The van der Waals surface area contributed by atoms with E-state index in [4.69, 9.17) is 4.74 Å². The lowest BCUT2D eigenvalue weighted by atomic mass is 9.92. The lowest BCUT2D eigenvalue weighted by Crippen LogP contribution is -2.47. The van der Waals surface area contributed by atoms with Crippen LogP contribution in [0.25, 0.3) is 6.08 Å². The summed E-state index contributed by atoms with van der Waals surface area (Å²) < 4.78 is 5.04. The number of anilines is 1. The molecule has 5 nitrogen and oxygen atoms in total. The molecule has 0 radical (unpaired) electrons. The average Bonchev–Trinajstić information content (AvgIpc) is 2.68. The molecule has 130 valence electrons. The average molecular weight is 346 g/mol. The van der Waals surface area contributed by atoms with E-state index in [2.05, 4.69) is 0 Å². The number of carbonyl (C=O) groups is 2. The van der Waals surface area contributed by atoms with Crippen LogP contribution in [0.5, 0.6) is 0 Å². The molecule has 5 heteroatoms. The van der Waals surface area contributed by atoms with E-state index < -0.39 is 17.9 Å². The molecule has 0 bridgehead atoms. The third kappa shape index (κ3) is 3.22. The molecule has 1 amide bonds. The Labute approximate surface area is 152 Å². The van der Waals surface area contributed by atoms with Gasteiger partial charge in [0, 0.05) is 5.56 Å². The van der Waals surface area contributed by atoms with Crippen LogP contribution in [0.1, 0.15) is 22.8 Å². The summed E-state index contributed by atoms with van der Waals surface area (Å²) in [6, 6.07) is 17.5. The summed E-state index contributed by atoms with van der Waals surface area (Å²) in [6.07, 6.45) is 3.55. The zero-order valence-electron chi connectivity index (χ0n) is 14.3. The quantitative estimate of drug-likeness (QED) is 0.795. The van der Waals surface area contributed by atoms with Gasteiger partial charge in [0.1, 0.15) is 0 Å². The van der Waals surface area contributed by atoms with Crippen molar-refractivity contribution in [2.75, 3.05) is 11.5 Å². The Morgan fingerprint density at radius 2 is 1.85 bits per heavy atom. The number of para-hydroxylation sites is 1. The van der Waals surface area contributed by atoms with E-state index in [0.29, 0.717) is 11.3 Å². The summed E-state index contributed by atoms with van der Waals surface area (Å²) in [4.78, 5) is 27.0. The summed E-state index contributed by atoms with van der Waals surface area (Å²) in [6.45, 7) is 1.86. The Balaban J connectivity index is 2.07. The second kappa shape index (κ2) is 7.66. The highest BCUT2D eigenvalue weighted by Gasteiger charge is 2.38. The van der Waals surface area contributed by atoms with Crippen molar-refractivity contribution >= 4 is 23.6 Å². The van der Waals surface area contributed by atoms with Crippen molar-refractivity contribution in [3.63, 3.8) is 0 Å². The number of nitriles is 1. The number of benzene rings is 2. The number of hydrogen-bond donors (Lipinski definition) is 0. The topological polar surface area (TPSA) is 70.4 Å². The summed E-state index contributed by atoms with van der Waals surface area (Å²) in [5.74, 6) is -2.00. The molecule has 3 rings (SSSR count). The third-order valence-electron chi connectivity index (χ3n) is 4.23. The second-order valence-corrected chi connectivity index (χ2v) is 5.81. The van der Waals surface area contributed by atoms with E-state index in [9.17, 15) is 14.9 Å². The smallest absolute Gasteiger partial charge is 0.325 e. The Bertz CT molecular complexity index is 884. The predicted octanol–water partition coefficient (Wildman–Crippen LogP) is 3.43. The number of amides is 1.